The first-order chi connectivity index (χ1) is 9.13. The van der Waals surface area contributed by atoms with E-state index >= 15 is 0 Å². The minimum Gasteiger partial charge on any atom is -0.304 e. The van der Waals surface area contributed by atoms with E-state index in [-0.39, 0.29) is 0 Å². The fourth-order valence-electron chi connectivity index (χ4n) is 2.67. The van der Waals surface area contributed by atoms with Gasteiger partial charge in [-0.1, -0.05) is 13.3 Å². The lowest BCUT2D eigenvalue weighted by Crippen LogP contribution is -2.46. The number of tetrazole rings is 1. The second-order valence-corrected chi connectivity index (χ2v) is 5.72. The van der Waals surface area contributed by atoms with Crippen LogP contribution in [0.4, 0.5) is 0 Å². The molecule has 6 heteroatoms. The minimum atomic E-state index is 0.317. The van der Waals surface area contributed by atoms with Crippen LogP contribution in [0.25, 0.3) is 0 Å². The molecule has 0 N–H and O–H groups in total. The van der Waals surface area contributed by atoms with Gasteiger partial charge < -0.3 is 4.90 Å². The van der Waals surface area contributed by atoms with Gasteiger partial charge in [-0.2, -0.15) is 0 Å². The van der Waals surface area contributed by atoms with Gasteiger partial charge in [-0.3, -0.25) is 4.90 Å². The summed E-state index contributed by atoms with van der Waals surface area (Å²) in [6, 6.07) is 0.674. The molecule has 0 bridgehead atoms. The fourth-order valence-corrected chi connectivity index (χ4v) is 2.67. The minimum absolute atomic E-state index is 0.317. The predicted octanol–water partition coefficient (Wildman–Crippen LogP) is 1.34. The van der Waals surface area contributed by atoms with Crippen molar-refractivity contribution in [3.05, 3.63) is 5.82 Å². The molecule has 1 saturated heterocycles. The van der Waals surface area contributed by atoms with Gasteiger partial charge >= 0.3 is 0 Å². The maximum Gasteiger partial charge on any atom is 0.168 e. The van der Waals surface area contributed by atoms with Crippen LogP contribution in [0.15, 0.2) is 0 Å². The van der Waals surface area contributed by atoms with Crippen LogP contribution in [-0.2, 0) is 0 Å². The van der Waals surface area contributed by atoms with Gasteiger partial charge in [-0.05, 0) is 37.7 Å². The lowest BCUT2D eigenvalue weighted by Gasteiger charge is -2.37. The van der Waals surface area contributed by atoms with Crippen molar-refractivity contribution in [3.8, 4) is 0 Å². The largest absolute Gasteiger partial charge is 0.304 e. The molecule has 1 aliphatic rings. The first-order valence-electron chi connectivity index (χ1n) is 7.33. The second kappa shape index (κ2) is 6.43. The van der Waals surface area contributed by atoms with E-state index in [9.17, 15) is 0 Å². The van der Waals surface area contributed by atoms with E-state index in [4.69, 9.17) is 0 Å². The smallest absolute Gasteiger partial charge is 0.168 e. The highest BCUT2D eigenvalue weighted by molar-refractivity contribution is 4.95. The number of nitrogens with zero attached hydrogens (tertiary/aromatic N) is 6. The summed E-state index contributed by atoms with van der Waals surface area (Å²) in [5.41, 5.74) is 0. The quantitative estimate of drug-likeness (QED) is 0.805. The van der Waals surface area contributed by atoms with Crippen LogP contribution in [0, 0.1) is 0 Å². The zero-order valence-corrected chi connectivity index (χ0v) is 12.6. The molecule has 2 heterocycles. The normalized spacial score (nSPS) is 20.1. The lowest BCUT2D eigenvalue weighted by atomic mass is 10.1. The average molecular weight is 266 g/mol. The molecule has 1 atom stereocenters. The molecule has 108 valence electrons. The highest BCUT2D eigenvalue weighted by atomic mass is 15.6. The third-order valence-corrected chi connectivity index (χ3v) is 3.85. The van der Waals surface area contributed by atoms with E-state index in [0.717, 1.165) is 44.8 Å². The first kappa shape index (κ1) is 14.4. The fraction of sp³-hybridized carbons (Fsp3) is 0.923. The summed E-state index contributed by atoms with van der Waals surface area (Å²) in [5, 5.41) is 12.3. The third-order valence-electron chi connectivity index (χ3n) is 3.85. The van der Waals surface area contributed by atoms with Gasteiger partial charge in [0.05, 0.1) is 12.1 Å². The van der Waals surface area contributed by atoms with Gasteiger partial charge in [0.25, 0.3) is 0 Å². The Morgan fingerprint density at radius 2 is 1.84 bits per heavy atom. The van der Waals surface area contributed by atoms with Gasteiger partial charge in [-0.15, -0.1) is 5.10 Å². The van der Waals surface area contributed by atoms with Gasteiger partial charge in [0.15, 0.2) is 5.82 Å². The van der Waals surface area contributed by atoms with Crippen molar-refractivity contribution in [1.29, 1.82) is 0 Å². The zero-order valence-electron chi connectivity index (χ0n) is 12.6. The van der Waals surface area contributed by atoms with Crippen LogP contribution in [0.3, 0.4) is 0 Å². The summed E-state index contributed by atoms with van der Waals surface area (Å²) in [5.74, 6) is 1.03. The van der Waals surface area contributed by atoms with Crippen LogP contribution in [0.1, 0.15) is 51.5 Å². The number of aromatic nitrogens is 4. The SMILES string of the molecule is CCCC(c1nnnn1C(C)C)N1CCN(C)CC1. The summed E-state index contributed by atoms with van der Waals surface area (Å²) >= 11 is 0. The van der Waals surface area contributed by atoms with Crippen molar-refractivity contribution in [3.63, 3.8) is 0 Å². The Bertz CT molecular complexity index is 380. The number of rotatable bonds is 5. The third kappa shape index (κ3) is 3.30. The topological polar surface area (TPSA) is 50.1 Å². The van der Waals surface area contributed by atoms with Crippen molar-refractivity contribution in [1.82, 2.24) is 30.0 Å². The summed E-state index contributed by atoms with van der Waals surface area (Å²) < 4.78 is 1.97. The van der Waals surface area contributed by atoms with Crippen LogP contribution in [-0.4, -0.2) is 63.2 Å². The maximum atomic E-state index is 4.30. The number of likely N-dealkylation sites (N-methyl/N-ethyl adjacent to an activating group) is 1. The average Bonchev–Trinajstić information content (AvgIpc) is 2.86. The molecule has 0 amide bonds. The van der Waals surface area contributed by atoms with E-state index in [1.54, 1.807) is 0 Å². The van der Waals surface area contributed by atoms with Gasteiger partial charge in [0, 0.05) is 26.2 Å². The Hall–Kier alpha value is -1.01. The molecule has 19 heavy (non-hydrogen) atoms. The molecule has 6 nitrogen and oxygen atoms in total. The van der Waals surface area contributed by atoms with Crippen LogP contribution >= 0.6 is 0 Å². The Kier molecular flexibility index (Phi) is 4.87. The molecule has 0 aliphatic carbocycles. The highest BCUT2D eigenvalue weighted by Crippen LogP contribution is 2.26. The Labute approximate surface area is 115 Å². The van der Waals surface area contributed by atoms with Gasteiger partial charge in [0.2, 0.25) is 0 Å². The van der Waals surface area contributed by atoms with Crippen molar-refractivity contribution in [2.45, 2.75) is 45.7 Å². The standard InChI is InChI=1S/C13H26N6/c1-5-6-12(18-9-7-17(4)8-10-18)13-14-15-16-19(13)11(2)3/h11-12H,5-10H2,1-4H3. The van der Waals surface area contributed by atoms with Crippen molar-refractivity contribution in [2.75, 3.05) is 33.2 Å². The molecule has 0 radical (unpaired) electrons. The van der Waals surface area contributed by atoms with Crippen molar-refractivity contribution >= 4 is 0 Å². The maximum absolute atomic E-state index is 4.30. The van der Waals surface area contributed by atoms with E-state index in [2.05, 4.69) is 53.1 Å². The van der Waals surface area contributed by atoms with E-state index in [0.29, 0.717) is 12.1 Å². The van der Waals surface area contributed by atoms with Crippen LogP contribution < -0.4 is 0 Å². The monoisotopic (exact) mass is 266 g/mol. The first-order valence-corrected chi connectivity index (χ1v) is 7.33. The van der Waals surface area contributed by atoms with Crippen LogP contribution in [0.5, 0.6) is 0 Å². The molecular formula is C13H26N6. The molecule has 1 aliphatic heterocycles. The molecule has 0 aromatic carbocycles. The van der Waals surface area contributed by atoms with Gasteiger partial charge in [-0.25, -0.2) is 4.68 Å². The molecular weight excluding hydrogens is 240 g/mol. The van der Waals surface area contributed by atoms with E-state index in [1.807, 2.05) is 4.68 Å². The molecule has 1 aromatic heterocycles. The summed E-state index contributed by atoms with van der Waals surface area (Å²) in [6.45, 7) is 11.0. The molecule has 2 rings (SSSR count). The summed E-state index contributed by atoms with van der Waals surface area (Å²) in [4.78, 5) is 4.92. The Balaban J connectivity index is 2.17. The number of hydrogen-bond donors (Lipinski definition) is 0. The van der Waals surface area contributed by atoms with Crippen molar-refractivity contribution < 1.29 is 0 Å². The summed E-state index contributed by atoms with van der Waals surface area (Å²) in [7, 11) is 2.18. The van der Waals surface area contributed by atoms with E-state index in [1.165, 1.54) is 0 Å². The summed E-state index contributed by atoms with van der Waals surface area (Å²) in [6.07, 6.45) is 2.28. The molecule has 1 fully saturated rings. The van der Waals surface area contributed by atoms with Crippen molar-refractivity contribution in [2.24, 2.45) is 0 Å². The Morgan fingerprint density at radius 1 is 1.16 bits per heavy atom. The zero-order chi connectivity index (χ0) is 13.8. The molecule has 0 saturated carbocycles. The predicted molar refractivity (Wildman–Crippen MR) is 74.9 cm³/mol. The highest BCUT2D eigenvalue weighted by Gasteiger charge is 2.28. The number of piperazine rings is 1. The Morgan fingerprint density at radius 3 is 2.42 bits per heavy atom. The lowest BCUT2D eigenvalue weighted by molar-refractivity contribution is 0.0987. The van der Waals surface area contributed by atoms with E-state index < -0.39 is 0 Å². The molecule has 1 unspecified atom stereocenters. The molecule has 1 aromatic rings. The van der Waals surface area contributed by atoms with Gasteiger partial charge in [0.1, 0.15) is 0 Å². The second-order valence-electron chi connectivity index (χ2n) is 5.72. The van der Waals surface area contributed by atoms with Crippen LogP contribution in [0.2, 0.25) is 0 Å². The molecule has 0 spiro atoms. The number of hydrogen-bond acceptors (Lipinski definition) is 5.